The van der Waals surface area contributed by atoms with Gasteiger partial charge in [0.2, 0.25) is 0 Å². The number of allylic oxidation sites excluding steroid dienone is 1. The smallest absolute Gasteiger partial charge is 0.419 e. The van der Waals surface area contributed by atoms with E-state index in [2.05, 4.69) is 0 Å². The molecule has 0 unspecified atom stereocenters. The van der Waals surface area contributed by atoms with Gasteiger partial charge in [-0.3, -0.25) is 0 Å². The third-order valence-electron chi connectivity index (χ3n) is 2.91. The van der Waals surface area contributed by atoms with Gasteiger partial charge in [0.1, 0.15) is 18.0 Å². The molecule has 2 amide bonds. The number of hydrogen-bond donors (Lipinski definition) is 0. The quantitative estimate of drug-likeness (QED) is 0.460. The summed E-state index contributed by atoms with van der Waals surface area (Å²) in [5.74, 6) is 0. The minimum Gasteiger partial charge on any atom is -0.443 e. The van der Waals surface area contributed by atoms with Crippen molar-refractivity contribution in [2.45, 2.75) is 78.6 Å². The number of carbonyl (C=O) groups excluding carboxylic acids is 2. The molecular weight excluding hydrogens is 338 g/mol. The van der Waals surface area contributed by atoms with Crippen LogP contribution in [-0.2, 0) is 18.9 Å². The van der Waals surface area contributed by atoms with Gasteiger partial charge in [-0.15, -0.1) is 0 Å². The summed E-state index contributed by atoms with van der Waals surface area (Å²) < 4.78 is 21.1. The molecule has 0 fully saturated rings. The summed E-state index contributed by atoms with van der Waals surface area (Å²) >= 11 is 0. The van der Waals surface area contributed by atoms with Crippen LogP contribution in [0.3, 0.4) is 0 Å². The number of hydrogen-bond acceptors (Lipinski definition) is 6. The predicted octanol–water partition coefficient (Wildman–Crippen LogP) is 4.50. The number of ether oxygens (including phenoxy) is 4. The van der Waals surface area contributed by atoms with Crippen molar-refractivity contribution in [3.8, 4) is 0 Å². The second kappa shape index (κ2) is 11.2. The highest BCUT2D eigenvalue weighted by Gasteiger charge is 2.30. The normalized spacial score (nSPS) is 13.5. The van der Waals surface area contributed by atoms with E-state index in [1.54, 1.807) is 48.7 Å². The van der Waals surface area contributed by atoms with Gasteiger partial charge in [-0.2, -0.15) is 0 Å². The van der Waals surface area contributed by atoms with Crippen LogP contribution in [-0.4, -0.2) is 54.8 Å². The fraction of sp³-hybridized carbons (Fsp3) is 0.789. The van der Waals surface area contributed by atoms with Crippen molar-refractivity contribution in [2.75, 3.05) is 20.4 Å². The second-order valence-corrected chi connectivity index (χ2v) is 7.89. The summed E-state index contributed by atoms with van der Waals surface area (Å²) in [7, 11) is 1.56. The number of carbonyl (C=O) groups is 2. The van der Waals surface area contributed by atoms with E-state index >= 15 is 0 Å². The molecule has 152 valence electrons. The molecule has 0 heterocycles. The SMILES string of the molecule is CC=C[C@H](CCCN(C(=O)OC(C)(C)C)C(=O)OC(C)(C)C)OCOC. The molecule has 0 spiro atoms. The zero-order chi connectivity index (χ0) is 20.4. The Hall–Kier alpha value is -1.60. The van der Waals surface area contributed by atoms with Crippen molar-refractivity contribution in [3.63, 3.8) is 0 Å². The van der Waals surface area contributed by atoms with Gasteiger partial charge in [-0.25, -0.2) is 14.5 Å². The van der Waals surface area contributed by atoms with Crippen molar-refractivity contribution >= 4 is 12.2 Å². The van der Waals surface area contributed by atoms with Crippen molar-refractivity contribution in [3.05, 3.63) is 12.2 Å². The van der Waals surface area contributed by atoms with Crippen LogP contribution in [0.4, 0.5) is 9.59 Å². The Balaban J connectivity index is 4.94. The molecule has 26 heavy (non-hydrogen) atoms. The average molecular weight is 373 g/mol. The summed E-state index contributed by atoms with van der Waals surface area (Å²) in [5.41, 5.74) is -1.40. The minimum atomic E-state index is -0.716. The standard InChI is InChI=1S/C19H35NO6/c1-9-11-15(24-14-23-8)12-10-13-20(16(21)25-18(2,3)4)17(22)26-19(5,6)7/h9,11,15H,10,12-14H2,1-8H3/t15-/m1/s1. The van der Waals surface area contributed by atoms with Crippen LogP contribution in [0.15, 0.2) is 12.2 Å². The molecule has 0 rings (SSSR count). The Bertz CT molecular complexity index is 434. The number of rotatable bonds is 8. The van der Waals surface area contributed by atoms with Crippen LogP contribution in [0, 0.1) is 0 Å². The molecule has 0 aromatic heterocycles. The molecular formula is C19H35NO6. The third kappa shape index (κ3) is 11.9. The molecule has 0 bridgehead atoms. The Morgan fingerprint density at radius 3 is 1.88 bits per heavy atom. The largest absolute Gasteiger partial charge is 0.443 e. The van der Waals surface area contributed by atoms with Crippen LogP contribution in [0.1, 0.15) is 61.3 Å². The van der Waals surface area contributed by atoms with Gasteiger partial charge < -0.3 is 18.9 Å². The van der Waals surface area contributed by atoms with E-state index in [0.29, 0.717) is 12.8 Å². The van der Waals surface area contributed by atoms with Gasteiger partial charge >= 0.3 is 12.2 Å². The molecule has 0 aliphatic carbocycles. The number of amides is 2. The van der Waals surface area contributed by atoms with Crippen LogP contribution in [0.2, 0.25) is 0 Å². The Morgan fingerprint density at radius 1 is 1.00 bits per heavy atom. The van der Waals surface area contributed by atoms with Gasteiger partial charge in [0.15, 0.2) is 0 Å². The highest BCUT2D eigenvalue weighted by molar-refractivity contribution is 5.88. The predicted molar refractivity (Wildman–Crippen MR) is 100.0 cm³/mol. The lowest BCUT2D eigenvalue weighted by Gasteiger charge is -2.28. The van der Waals surface area contributed by atoms with E-state index in [1.807, 2.05) is 19.1 Å². The van der Waals surface area contributed by atoms with E-state index in [1.165, 1.54) is 0 Å². The molecule has 7 heteroatoms. The monoisotopic (exact) mass is 373 g/mol. The number of methoxy groups -OCH3 is 1. The zero-order valence-electron chi connectivity index (χ0n) is 17.5. The molecule has 7 nitrogen and oxygen atoms in total. The lowest BCUT2D eigenvalue weighted by molar-refractivity contribution is -0.0586. The molecule has 0 aromatic rings. The lowest BCUT2D eigenvalue weighted by atomic mass is 10.1. The maximum atomic E-state index is 12.4. The highest BCUT2D eigenvalue weighted by atomic mass is 16.7. The summed E-state index contributed by atoms with van der Waals surface area (Å²) in [6.07, 6.45) is 3.37. The summed E-state index contributed by atoms with van der Waals surface area (Å²) in [6, 6.07) is 0. The minimum absolute atomic E-state index is 0.154. The average Bonchev–Trinajstić information content (AvgIpc) is 2.44. The van der Waals surface area contributed by atoms with Crippen molar-refractivity contribution in [1.82, 2.24) is 4.90 Å². The van der Waals surface area contributed by atoms with Crippen molar-refractivity contribution in [1.29, 1.82) is 0 Å². The van der Waals surface area contributed by atoms with Crippen LogP contribution < -0.4 is 0 Å². The van der Waals surface area contributed by atoms with Gasteiger partial charge in [0, 0.05) is 13.7 Å². The fourth-order valence-corrected chi connectivity index (χ4v) is 1.95. The highest BCUT2D eigenvalue weighted by Crippen LogP contribution is 2.16. The molecule has 1 atom stereocenters. The molecule has 0 aliphatic rings. The van der Waals surface area contributed by atoms with Crippen LogP contribution in [0.5, 0.6) is 0 Å². The van der Waals surface area contributed by atoms with E-state index in [0.717, 1.165) is 4.90 Å². The van der Waals surface area contributed by atoms with Gasteiger partial charge in [0.05, 0.1) is 6.10 Å². The molecule has 0 saturated carbocycles. The summed E-state index contributed by atoms with van der Waals surface area (Å²) in [4.78, 5) is 25.8. The second-order valence-electron chi connectivity index (χ2n) is 7.89. The van der Waals surface area contributed by atoms with Crippen LogP contribution in [0.25, 0.3) is 0 Å². The Labute approximate surface area is 157 Å². The topological polar surface area (TPSA) is 74.3 Å². The first-order chi connectivity index (χ1) is 11.9. The third-order valence-corrected chi connectivity index (χ3v) is 2.91. The lowest BCUT2D eigenvalue weighted by Crippen LogP contribution is -2.44. The first-order valence-corrected chi connectivity index (χ1v) is 8.86. The first-order valence-electron chi connectivity index (χ1n) is 8.86. The van der Waals surface area contributed by atoms with Crippen molar-refractivity contribution in [2.24, 2.45) is 0 Å². The Morgan fingerprint density at radius 2 is 1.50 bits per heavy atom. The van der Waals surface area contributed by atoms with Gasteiger partial charge in [-0.1, -0.05) is 12.2 Å². The van der Waals surface area contributed by atoms with E-state index in [9.17, 15) is 9.59 Å². The first kappa shape index (κ1) is 24.4. The molecule has 0 aliphatic heterocycles. The zero-order valence-corrected chi connectivity index (χ0v) is 17.5. The fourth-order valence-electron chi connectivity index (χ4n) is 1.95. The van der Waals surface area contributed by atoms with Crippen molar-refractivity contribution < 1.29 is 28.5 Å². The molecule has 0 aromatic carbocycles. The number of imide groups is 1. The molecule has 0 N–H and O–H groups in total. The summed E-state index contributed by atoms with van der Waals surface area (Å²) in [6.45, 7) is 12.7. The molecule has 0 radical (unpaired) electrons. The van der Waals surface area contributed by atoms with Gasteiger partial charge in [-0.05, 0) is 61.3 Å². The summed E-state index contributed by atoms with van der Waals surface area (Å²) in [5, 5.41) is 0. The van der Waals surface area contributed by atoms with Gasteiger partial charge in [0.25, 0.3) is 0 Å². The van der Waals surface area contributed by atoms with E-state index in [-0.39, 0.29) is 19.4 Å². The maximum Gasteiger partial charge on any atom is 0.419 e. The van der Waals surface area contributed by atoms with E-state index in [4.69, 9.17) is 18.9 Å². The molecule has 0 saturated heterocycles. The number of nitrogens with zero attached hydrogens (tertiary/aromatic N) is 1. The van der Waals surface area contributed by atoms with Crippen LogP contribution >= 0.6 is 0 Å². The Kier molecular flexibility index (Phi) is 10.5. The maximum absolute atomic E-state index is 12.4. The van der Waals surface area contributed by atoms with E-state index < -0.39 is 23.4 Å².